The van der Waals surface area contributed by atoms with Crippen molar-refractivity contribution < 1.29 is 4.79 Å². The monoisotopic (exact) mass is 265 g/mol. The molecule has 1 aliphatic heterocycles. The molecule has 0 radical (unpaired) electrons. The van der Waals surface area contributed by atoms with Crippen molar-refractivity contribution in [3.05, 3.63) is 41.0 Å². The highest BCUT2D eigenvalue weighted by atomic mass is 79.9. The molecule has 0 saturated heterocycles. The van der Waals surface area contributed by atoms with Crippen LogP contribution in [-0.2, 0) is 4.79 Å². The van der Waals surface area contributed by atoms with Crippen LogP contribution < -0.4 is 5.01 Å². The second kappa shape index (κ2) is 4.35. The number of benzene rings is 1. The minimum atomic E-state index is -0.448. The zero-order valence-electron chi connectivity index (χ0n) is 7.75. The molecule has 4 nitrogen and oxygen atoms in total. The maximum absolute atomic E-state index is 10.4. The van der Waals surface area contributed by atoms with Crippen LogP contribution in [-0.4, -0.2) is 12.3 Å². The first kappa shape index (κ1) is 10.0. The lowest BCUT2D eigenvalue weighted by Crippen LogP contribution is -2.15. The number of hydrogen-bond acceptors (Lipinski definition) is 4. The molecule has 0 bridgehead atoms. The minimum Gasteiger partial charge on any atom is -0.301 e. The maximum atomic E-state index is 10.4. The van der Waals surface area contributed by atoms with Crippen molar-refractivity contribution in [2.75, 3.05) is 5.01 Å². The van der Waals surface area contributed by atoms with E-state index in [1.165, 1.54) is 0 Å². The molecule has 0 N–H and O–H groups in total. The highest BCUT2D eigenvalue weighted by Crippen LogP contribution is 2.20. The standard InChI is InChI=1S/C10H8BrN3O/c11-8-1-3-10(4-2-8)14-6-5-9(7-15)12-13-14/h1-7,9H. The molecule has 1 heterocycles. The predicted molar refractivity (Wildman–Crippen MR) is 60.5 cm³/mol. The summed E-state index contributed by atoms with van der Waals surface area (Å²) in [5, 5.41) is 9.34. The number of aldehydes is 1. The normalized spacial score (nSPS) is 19.3. The first-order valence-corrected chi connectivity index (χ1v) is 5.18. The summed E-state index contributed by atoms with van der Waals surface area (Å²) in [5.41, 5.74) is 0.905. The van der Waals surface area contributed by atoms with Crippen molar-refractivity contribution in [1.82, 2.24) is 0 Å². The van der Waals surface area contributed by atoms with Crippen molar-refractivity contribution in [3.8, 4) is 0 Å². The van der Waals surface area contributed by atoms with Crippen molar-refractivity contribution in [1.29, 1.82) is 0 Å². The lowest BCUT2D eigenvalue weighted by Gasteiger charge is -2.16. The summed E-state index contributed by atoms with van der Waals surface area (Å²) < 4.78 is 1.01. The van der Waals surface area contributed by atoms with Gasteiger partial charge in [0.05, 0.1) is 5.69 Å². The smallest absolute Gasteiger partial charge is 0.150 e. The van der Waals surface area contributed by atoms with Crippen LogP contribution in [0.1, 0.15) is 0 Å². The van der Waals surface area contributed by atoms with Crippen molar-refractivity contribution in [3.63, 3.8) is 0 Å². The fourth-order valence-electron chi connectivity index (χ4n) is 1.16. The Morgan fingerprint density at radius 2 is 2.07 bits per heavy atom. The number of carbonyl (C=O) groups excluding carboxylic acids is 1. The van der Waals surface area contributed by atoms with Crippen LogP contribution in [0.3, 0.4) is 0 Å². The van der Waals surface area contributed by atoms with Gasteiger partial charge >= 0.3 is 0 Å². The summed E-state index contributed by atoms with van der Waals surface area (Å²) in [5.74, 6) is 0. The molecule has 0 fully saturated rings. The van der Waals surface area contributed by atoms with Gasteiger partial charge in [-0.05, 0) is 30.3 Å². The van der Waals surface area contributed by atoms with Crippen molar-refractivity contribution in [2.45, 2.75) is 6.04 Å². The predicted octanol–water partition coefficient (Wildman–Crippen LogP) is 2.72. The van der Waals surface area contributed by atoms with Gasteiger partial charge in [0.1, 0.15) is 12.3 Å². The Morgan fingerprint density at radius 3 is 2.60 bits per heavy atom. The second-order valence-corrected chi connectivity index (χ2v) is 3.91. The lowest BCUT2D eigenvalue weighted by atomic mass is 10.3. The molecular formula is C10H8BrN3O. The van der Waals surface area contributed by atoms with E-state index in [4.69, 9.17) is 0 Å². The Bertz CT molecular complexity index is 399. The van der Waals surface area contributed by atoms with Gasteiger partial charge in [0, 0.05) is 10.7 Å². The molecule has 0 spiro atoms. The van der Waals surface area contributed by atoms with Crippen molar-refractivity contribution >= 4 is 27.9 Å². The van der Waals surface area contributed by atoms with E-state index in [0.29, 0.717) is 0 Å². The van der Waals surface area contributed by atoms with Gasteiger partial charge in [0.25, 0.3) is 0 Å². The van der Waals surface area contributed by atoms with E-state index in [9.17, 15) is 4.79 Å². The van der Waals surface area contributed by atoms with Crippen LogP contribution in [0.5, 0.6) is 0 Å². The molecule has 1 unspecified atom stereocenters. The third kappa shape index (κ3) is 2.30. The molecule has 1 aromatic carbocycles. The topological polar surface area (TPSA) is 45.0 Å². The van der Waals surface area contributed by atoms with E-state index in [1.54, 1.807) is 17.3 Å². The van der Waals surface area contributed by atoms with E-state index >= 15 is 0 Å². The van der Waals surface area contributed by atoms with E-state index in [2.05, 4.69) is 26.3 Å². The van der Waals surface area contributed by atoms with Gasteiger partial charge in [-0.3, -0.25) is 0 Å². The molecular weight excluding hydrogens is 258 g/mol. The van der Waals surface area contributed by atoms with Gasteiger partial charge in [-0.15, -0.1) is 0 Å². The van der Waals surface area contributed by atoms with Crippen LogP contribution in [0, 0.1) is 0 Å². The number of nitrogens with zero attached hydrogens (tertiary/aromatic N) is 3. The zero-order chi connectivity index (χ0) is 10.7. The molecule has 2 rings (SSSR count). The molecule has 15 heavy (non-hydrogen) atoms. The van der Waals surface area contributed by atoms with Gasteiger partial charge in [-0.1, -0.05) is 21.2 Å². The Kier molecular flexibility index (Phi) is 2.91. The zero-order valence-corrected chi connectivity index (χ0v) is 9.33. The first-order valence-electron chi connectivity index (χ1n) is 4.39. The molecule has 0 aromatic heterocycles. The molecule has 1 aromatic rings. The molecule has 0 saturated carbocycles. The van der Waals surface area contributed by atoms with Gasteiger partial charge in [0.15, 0.2) is 0 Å². The number of rotatable bonds is 2. The molecule has 76 valence electrons. The van der Waals surface area contributed by atoms with Gasteiger partial charge in [-0.25, -0.2) is 5.01 Å². The average Bonchev–Trinajstić information content (AvgIpc) is 2.30. The van der Waals surface area contributed by atoms with E-state index in [0.717, 1.165) is 16.4 Å². The maximum Gasteiger partial charge on any atom is 0.150 e. The molecule has 1 aliphatic rings. The van der Waals surface area contributed by atoms with Gasteiger partial charge < -0.3 is 4.79 Å². The highest BCUT2D eigenvalue weighted by Gasteiger charge is 2.09. The number of hydrogen-bond donors (Lipinski definition) is 0. The molecule has 0 aliphatic carbocycles. The summed E-state index contributed by atoms with van der Waals surface area (Å²) in [4.78, 5) is 10.4. The average molecular weight is 266 g/mol. The third-order valence-electron chi connectivity index (χ3n) is 1.94. The Hall–Kier alpha value is -1.49. The SMILES string of the molecule is O=CC1C=CN(c2ccc(Br)cc2)N=N1. The molecule has 1 atom stereocenters. The fraction of sp³-hybridized carbons (Fsp3) is 0.100. The summed E-state index contributed by atoms with van der Waals surface area (Å²) in [6.45, 7) is 0. The second-order valence-electron chi connectivity index (χ2n) is 2.99. The lowest BCUT2D eigenvalue weighted by molar-refractivity contribution is -0.108. The Labute approximate surface area is 95.4 Å². The van der Waals surface area contributed by atoms with E-state index in [1.807, 2.05) is 24.3 Å². The van der Waals surface area contributed by atoms with Gasteiger partial charge in [-0.2, -0.15) is 5.11 Å². The number of anilines is 1. The van der Waals surface area contributed by atoms with Crippen LogP contribution in [0.25, 0.3) is 0 Å². The number of carbonyl (C=O) groups is 1. The van der Waals surface area contributed by atoms with Crippen LogP contribution in [0.15, 0.2) is 51.4 Å². The first-order chi connectivity index (χ1) is 7.29. The quantitative estimate of drug-likeness (QED) is 0.772. The Balaban J connectivity index is 2.17. The molecule has 5 heteroatoms. The summed E-state index contributed by atoms with van der Waals surface area (Å²) >= 11 is 3.35. The largest absolute Gasteiger partial charge is 0.301 e. The van der Waals surface area contributed by atoms with Crippen LogP contribution in [0.4, 0.5) is 5.69 Å². The summed E-state index contributed by atoms with van der Waals surface area (Å²) in [6.07, 6.45) is 4.18. The molecule has 0 amide bonds. The van der Waals surface area contributed by atoms with E-state index in [-0.39, 0.29) is 0 Å². The van der Waals surface area contributed by atoms with E-state index < -0.39 is 6.04 Å². The highest BCUT2D eigenvalue weighted by molar-refractivity contribution is 9.10. The van der Waals surface area contributed by atoms with Crippen molar-refractivity contribution in [2.24, 2.45) is 10.3 Å². The number of halogens is 1. The van der Waals surface area contributed by atoms with Crippen LogP contribution >= 0.6 is 15.9 Å². The summed E-state index contributed by atoms with van der Waals surface area (Å²) in [6, 6.07) is 7.22. The minimum absolute atomic E-state index is 0.448. The summed E-state index contributed by atoms with van der Waals surface area (Å²) in [7, 11) is 0. The Morgan fingerprint density at radius 1 is 1.33 bits per heavy atom. The van der Waals surface area contributed by atoms with Gasteiger partial charge in [0.2, 0.25) is 0 Å². The van der Waals surface area contributed by atoms with Crippen LogP contribution in [0.2, 0.25) is 0 Å². The third-order valence-corrected chi connectivity index (χ3v) is 2.47. The fourth-order valence-corrected chi connectivity index (χ4v) is 1.42.